The summed E-state index contributed by atoms with van der Waals surface area (Å²) in [6, 6.07) is 16.2. The van der Waals surface area contributed by atoms with Gasteiger partial charge in [0.25, 0.3) is 0 Å². The number of ether oxygens (including phenoxy) is 2. The van der Waals surface area contributed by atoms with Crippen molar-refractivity contribution < 1.29 is 14.3 Å². The van der Waals surface area contributed by atoms with Crippen molar-refractivity contribution in [3.8, 4) is 5.75 Å². The highest BCUT2D eigenvalue weighted by Gasteiger charge is 2.15. The molecule has 25 heavy (non-hydrogen) atoms. The molecule has 0 bridgehead atoms. The molecule has 1 amide bonds. The summed E-state index contributed by atoms with van der Waals surface area (Å²) in [5, 5.41) is 2.77. The number of carbonyl (C=O) groups excluding carboxylic acids is 1. The molecule has 0 unspecified atom stereocenters. The first-order valence-corrected chi connectivity index (χ1v) is 9.33. The number of hydrogen-bond donors (Lipinski definition) is 1. The molecule has 2 aromatic carbocycles. The average molecular weight is 453 g/mol. The lowest BCUT2D eigenvalue weighted by Crippen LogP contribution is -2.33. The second kappa shape index (κ2) is 9.08. The minimum atomic E-state index is -0.475. The topological polar surface area (TPSA) is 47.6 Å². The van der Waals surface area contributed by atoms with E-state index in [1.165, 1.54) is 0 Å². The van der Waals surface area contributed by atoms with E-state index in [2.05, 4.69) is 34.0 Å². The smallest absolute Gasteiger partial charge is 0.407 e. The van der Waals surface area contributed by atoms with Gasteiger partial charge < -0.3 is 14.8 Å². The maximum Gasteiger partial charge on any atom is 0.407 e. The first-order chi connectivity index (χ1) is 11.8. The van der Waals surface area contributed by atoms with Crippen molar-refractivity contribution in [2.24, 2.45) is 0 Å². The number of rotatable bonds is 6. The molecule has 0 fully saturated rings. The number of carbonyl (C=O) groups is 1. The van der Waals surface area contributed by atoms with Gasteiger partial charge in [-0.2, -0.15) is 0 Å². The van der Waals surface area contributed by atoms with Crippen molar-refractivity contribution in [3.63, 3.8) is 0 Å². The van der Waals surface area contributed by atoms with Crippen LogP contribution >= 0.6 is 22.6 Å². The molecule has 0 atom stereocenters. The second-order valence-electron chi connectivity index (χ2n) is 6.72. The number of nitrogens with one attached hydrogen (secondary N) is 1. The average Bonchev–Trinajstić information content (AvgIpc) is 2.53. The Labute approximate surface area is 163 Å². The zero-order valence-corrected chi connectivity index (χ0v) is 17.0. The fourth-order valence-corrected chi connectivity index (χ4v) is 2.91. The summed E-state index contributed by atoms with van der Waals surface area (Å²) in [4.78, 5) is 11.6. The van der Waals surface area contributed by atoms with Crippen LogP contribution in [-0.2, 0) is 17.8 Å². The van der Waals surface area contributed by atoms with Crippen LogP contribution in [0.1, 0.15) is 31.9 Å². The predicted molar refractivity (Wildman–Crippen MR) is 108 cm³/mol. The molecule has 0 aliphatic heterocycles. The molecule has 0 aliphatic carbocycles. The highest BCUT2D eigenvalue weighted by Crippen LogP contribution is 2.23. The van der Waals surface area contributed by atoms with Crippen molar-refractivity contribution in [1.29, 1.82) is 0 Å². The Morgan fingerprint density at radius 3 is 2.44 bits per heavy atom. The fraction of sp³-hybridized carbons (Fsp3) is 0.350. The first-order valence-electron chi connectivity index (χ1n) is 8.25. The van der Waals surface area contributed by atoms with Crippen LogP contribution in [0.2, 0.25) is 0 Å². The Kier molecular flexibility index (Phi) is 7.11. The van der Waals surface area contributed by atoms with E-state index in [-0.39, 0.29) is 6.09 Å². The van der Waals surface area contributed by atoms with Gasteiger partial charge in [-0.25, -0.2) is 4.79 Å². The van der Waals surface area contributed by atoms with Gasteiger partial charge in [-0.3, -0.25) is 0 Å². The van der Waals surface area contributed by atoms with Gasteiger partial charge in [-0.05, 0) is 73.0 Å². The van der Waals surface area contributed by atoms with Crippen LogP contribution in [0.15, 0.2) is 48.5 Å². The zero-order chi connectivity index (χ0) is 18.3. The van der Waals surface area contributed by atoms with E-state index in [0.717, 1.165) is 26.9 Å². The maximum atomic E-state index is 11.6. The molecule has 0 saturated heterocycles. The molecule has 0 heterocycles. The van der Waals surface area contributed by atoms with Gasteiger partial charge in [-0.1, -0.05) is 36.4 Å². The molecule has 5 heteroatoms. The zero-order valence-electron chi connectivity index (χ0n) is 14.8. The normalized spacial score (nSPS) is 11.0. The van der Waals surface area contributed by atoms with Gasteiger partial charge in [0.2, 0.25) is 0 Å². The molecule has 4 nitrogen and oxygen atoms in total. The van der Waals surface area contributed by atoms with Crippen molar-refractivity contribution in [1.82, 2.24) is 5.32 Å². The lowest BCUT2D eigenvalue weighted by atomic mass is 10.1. The lowest BCUT2D eigenvalue weighted by molar-refractivity contribution is 0.0528. The summed E-state index contributed by atoms with van der Waals surface area (Å²) in [5.41, 5.74) is 1.81. The van der Waals surface area contributed by atoms with Gasteiger partial charge in [-0.15, -0.1) is 0 Å². The van der Waals surface area contributed by atoms with Gasteiger partial charge in [0, 0.05) is 6.54 Å². The van der Waals surface area contributed by atoms with Crippen molar-refractivity contribution in [3.05, 3.63) is 63.2 Å². The Balaban J connectivity index is 1.82. The lowest BCUT2D eigenvalue weighted by Gasteiger charge is -2.19. The molecular weight excluding hydrogens is 429 g/mol. The van der Waals surface area contributed by atoms with Crippen molar-refractivity contribution in [2.75, 3.05) is 6.54 Å². The molecule has 0 aliphatic rings. The predicted octanol–water partition coefficient (Wildman–Crippen LogP) is 4.94. The third-order valence-electron chi connectivity index (χ3n) is 3.32. The van der Waals surface area contributed by atoms with E-state index in [1.54, 1.807) is 0 Å². The van der Waals surface area contributed by atoms with Gasteiger partial charge >= 0.3 is 6.09 Å². The number of benzene rings is 2. The van der Waals surface area contributed by atoms with E-state index in [4.69, 9.17) is 9.47 Å². The standard InChI is InChI=1S/C20H24INO3/c1-20(2,3)25-19(23)22-12-11-15-9-10-18(17(21)13-15)24-14-16-7-5-4-6-8-16/h4-10,13H,11-12,14H2,1-3H3,(H,22,23). The summed E-state index contributed by atoms with van der Waals surface area (Å²) < 4.78 is 12.2. The number of hydrogen-bond acceptors (Lipinski definition) is 3. The number of amides is 1. The van der Waals surface area contributed by atoms with Gasteiger partial charge in [0.05, 0.1) is 3.57 Å². The first kappa shape index (κ1) is 19.6. The molecule has 2 rings (SSSR count). The third kappa shape index (κ3) is 7.34. The summed E-state index contributed by atoms with van der Waals surface area (Å²) in [7, 11) is 0. The van der Waals surface area contributed by atoms with Crippen LogP contribution in [0, 0.1) is 3.57 Å². The molecule has 1 N–H and O–H groups in total. The van der Waals surface area contributed by atoms with E-state index in [1.807, 2.05) is 63.2 Å². The Bertz CT molecular complexity index is 696. The number of alkyl carbamates (subject to hydrolysis) is 1. The van der Waals surface area contributed by atoms with Crippen LogP contribution in [0.25, 0.3) is 0 Å². The molecular formula is C20H24INO3. The van der Waals surface area contributed by atoms with Crippen LogP contribution in [0.4, 0.5) is 4.79 Å². The molecule has 0 aromatic heterocycles. The Morgan fingerprint density at radius 1 is 1.08 bits per heavy atom. The summed E-state index contributed by atoms with van der Waals surface area (Å²) >= 11 is 2.27. The van der Waals surface area contributed by atoms with E-state index >= 15 is 0 Å². The molecule has 0 radical (unpaired) electrons. The maximum absolute atomic E-state index is 11.6. The molecule has 0 saturated carbocycles. The van der Waals surface area contributed by atoms with E-state index in [9.17, 15) is 4.79 Å². The van der Waals surface area contributed by atoms with Crippen molar-refractivity contribution in [2.45, 2.75) is 39.4 Å². The molecule has 134 valence electrons. The Morgan fingerprint density at radius 2 is 1.80 bits per heavy atom. The summed E-state index contributed by atoms with van der Waals surface area (Å²) in [6.45, 7) is 6.64. The van der Waals surface area contributed by atoms with Gasteiger partial charge in [0.15, 0.2) is 0 Å². The fourth-order valence-electron chi connectivity index (χ4n) is 2.18. The van der Waals surface area contributed by atoms with E-state index < -0.39 is 5.60 Å². The van der Waals surface area contributed by atoms with Crippen LogP contribution < -0.4 is 10.1 Å². The van der Waals surface area contributed by atoms with Crippen LogP contribution in [-0.4, -0.2) is 18.2 Å². The molecule has 2 aromatic rings. The molecule has 0 spiro atoms. The summed E-state index contributed by atoms with van der Waals surface area (Å²) in [5.74, 6) is 0.869. The SMILES string of the molecule is CC(C)(C)OC(=O)NCCc1ccc(OCc2ccccc2)c(I)c1. The highest BCUT2D eigenvalue weighted by molar-refractivity contribution is 14.1. The number of halogens is 1. The van der Waals surface area contributed by atoms with Crippen molar-refractivity contribution >= 4 is 28.7 Å². The van der Waals surface area contributed by atoms with Gasteiger partial charge in [0.1, 0.15) is 18.0 Å². The third-order valence-corrected chi connectivity index (χ3v) is 4.16. The van der Waals surface area contributed by atoms with E-state index in [0.29, 0.717) is 13.2 Å². The Hall–Kier alpha value is -1.76. The monoisotopic (exact) mass is 453 g/mol. The van der Waals surface area contributed by atoms with Crippen LogP contribution in [0.3, 0.4) is 0 Å². The van der Waals surface area contributed by atoms with Crippen LogP contribution in [0.5, 0.6) is 5.75 Å². The quantitative estimate of drug-likeness (QED) is 0.631. The largest absolute Gasteiger partial charge is 0.488 e. The minimum Gasteiger partial charge on any atom is -0.488 e. The highest BCUT2D eigenvalue weighted by atomic mass is 127. The summed E-state index contributed by atoms with van der Waals surface area (Å²) in [6.07, 6.45) is 0.360. The second-order valence-corrected chi connectivity index (χ2v) is 7.88. The minimum absolute atomic E-state index is 0.384.